The van der Waals surface area contributed by atoms with Crippen molar-refractivity contribution >= 4 is 33.1 Å². The van der Waals surface area contributed by atoms with E-state index in [1.54, 1.807) is 0 Å². The number of aryl methyl sites for hydroxylation is 1. The standard InChI is InChI=1S/C16H14N2O2S/c1-11-6-8-12(9-7-11)17-15(19)10-18-13-4-2-3-5-14(13)21-16(18)20/h2-9H,10H2,1H3,(H,17,19). The molecule has 0 aliphatic heterocycles. The molecule has 1 aromatic heterocycles. The lowest BCUT2D eigenvalue weighted by Gasteiger charge is -2.06. The quantitative estimate of drug-likeness (QED) is 0.808. The maximum Gasteiger partial charge on any atom is 0.308 e. The third-order valence-electron chi connectivity index (χ3n) is 3.21. The van der Waals surface area contributed by atoms with Crippen molar-refractivity contribution in [3.63, 3.8) is 0 Å². The van der Waals surface area contributed by atoms with Crippen LogP contribution in [0.3, 0.4) is 0 Å². The Morgan fingerprint density at radius 2 is 1.86 bits per heavy atom. The molecule has 1 N–H and O–H groups in total. The first kappa shape index (κ1) is 13.6. The van der Waals surface area contributed by atoms with Gasteiger partial charge in [-0.1, -0.05) is 41.2 Å². The maximum absolute atomic E-state index is 12.1. The Hall–Kier alpha value is -2.40. The molecular formula is C16H14N2O2S. The lowest BCUT2D eigenvalue weighted by molar-refractivity contribution is -0.116. The second-order valence-corrected chi connectivity index (χ2v) is 5.83. The molecule has 2 aromatic carbocycles. The van der Waals surface area contributed by atoms with Gasteiger partial charge in [-0.15, -0.1) is 0 Å². The highest BCUT2D eigenvalue weighted by Crippen LogP contribution is 2.16. The lowest BCUT2D eigenvalue weighted by Crippen LogP contribution is -2.24. The van der Waals surface area contributed by atoms with Gasteiger partial charge in [0.25, 0.3) is 0 Å². The summed E-state index contributed by atoms with van der Waals surface area (Å²) in [6, 6.07) is 15.0. The molecule has 0 saturated heterocycles. The number of hydrogen-bond donors (Lipinski definition) is 1. The zero-order valence-corrected chi connectivity index (χ0v) is 12.3. The van der Waals surface area contributed by atoms with Crippen LogP contribution in [0.1, 0.15) is 5.56 Å². The highest BCUT2D eigenvalue weighted by atomic mass is 32.1. The Labute approximate surface area is 125 Å². The number of hydrogen-bond acceptors (Lipinski definition) is 3. The molecule has 0 unspecified atom stereocenters. The van der Waals surface area contributed by atoms with Gasteiger partial charge >= 0.3 is 4.87 Å². The van der Waals surface area contributed by atoms with Gasteiger partial charge in [-0.2, -0.15) is 0 Å². The SMILES string of the molecule is Cc1ccc(NC(=O)Cn2c(=O)sc3ccccc32)cc1. The molecule has 0 aliphatic rings. The number of rotatable bonds is 3. The van der Waals surface area contributed by atoms with E-state index in [1.807, 2.05) is 55.5 Å². The molecule has 106 valence electrons. The Balaban J connectivity index is 1.82. The summed E-state index contributed by atoms with van der Waals surface area (Å²) in [5.41, 5.74) is 2.66. The molecule has 1 heterocycles. The van der Waals surface area contributed by atoms with Gasteiger partial charge in [-0.25, -0.2) is 0 Å². The molecule has 0 saturated carbocycles. The van der Waals surface area contributed by atoms with Crippen LogP contribution in [0, 0.1) is 6.92 Å². The van der Waals surface area contributed by atoms with Crippen molar-refractivity contribution in [3.8, 4) is 0 Å². The maximum atomic E-state index is 12.1. The van der Waals surface area contributed by atoms with Gasteiger partial charge in [0, 0.05) is 5.69 Å². The highest BCUT2D eigenvalue weighted by molar-refractivity contribution is 7.16. The molecule has 0 spiro atoms. The summed E-state index contributed by atoms with van der Waals surface area (Å²) in [6.45, 7) is 2.01. The van der Waals surface area contributed by atoms with Crippen LogP contribution < -0.4 is 10.2 Å². The molecule has 4 nitrogen and oxygen atoms in total. The number of nitrogens with one attached hydrogen (secondary N) is 1. The van der Waals surface area contributed by atoms with Crippen molar-refractivity contribution in [1.82, 2.24) is 4.57 Å². The van der Waals surface area contributed by atoms with E-state index >= 15 is 0 Å². The van der Waals surface area contributed by atoms with Gasteiger partial charge in [0.1, 0.15) is 6.54 Å². The minimum atomic E-state index is -0.204. The van der Waals surface area contributed by atoms with Gasteiger partial charge in [0.15, 0.2) is 0 Å². The summed E-state index contributed by atoms with van der Waals surface area (Å²) in [7, 11) is 0. The number of para-hydroxylation sites is 1. The summed E-state index contributed by atoms with van der Waals surface area (Å²) >= 11 is 1.16. The normalized spacial score (nSPS) is 10.7. The number of carbonyl (C=O) groups is 1. The first-order valence-corrected chi connectivity index (χ1v) is 7.40. The minimum absolute atomic E-state index is 0.0245. The van der Waals surface area contributed by atoms with Gasteiger partial charge in [0.2, 0.25) is 5.91 Å². The predicted molar refractivity (Wildman–Crippen MR) is 85.9 cm³/mol. The molecule has 1 amide bonds. The van der Waals surface area contributed by atoms with Crippen LogP contribution in [0.4, 0.5) is 5.69 Å². The molecule has 21 heavy (non-hydrogen) atoms. The number of benzene rings is 2. The van der Waals surface area contributed by atoms with Crippen molar-refractivity contribution < 1.29 is 4.79 Å². The summed E-state index contributed by atoms with van der Waals surface area (Å²) in [6.07, 6.45) is 0. The molecule has 0 aliphatic carbocycles. The highest BCUT2D eigenvalue weighted by Gasteiger charge is 2.10. The summed E-state index contributed by atoms with van der Waals surface area (Å²) in [5, 5.41) is 2.81. The third kappa shape index (κ3) is 2.87. The molecule has 0 fully saturated rings. The molecule has 0 atom stereocenters. The molecule has 0 bridgehead atoms. The number of anilines is 1. The van der Waals surface area contributed by atoms with Gasteiger partial charge < -0.3 is 5.32 Å². The fraction of sp³-hybridized carbons (Fsp3) is 0.125. The first-order valence-electron chi connectivity index (χ1n) is 6.58. The van der Waals surface area contributed by atoms with Crippen LogP contribution in [-0.2, 0) is 11.3 Å². The van der Waals surface area contributed by atoms with Crippen LogP contribution in [0.25, 0.3) is 10.2 Å². The van der Waals surface area contributed by atoms with Crippen molar-refractivity contribution in [2.75, 3.05) is 5.32 Å². The average molecular weight is 298 g/mol. The Morgan fingerprint density at radius 1 is 1.14 bits per heavy atom. The molecule has 3 rings (SSSR count). The van der Waals surface area contributed by atoms with Crippen LogP contribution in [-0.4, -0.2) is 10.5 Å². The fourth-order valence-electron chi connectivity index (χ4n) is 2.14. The van der Waals surface area contributed by atoms with Crippen molar-refractivity contribution in [2.24, 2.45) is 0 Å². The van der Waals surface area contributed by atoms with E-state index in [0.29, 0.717) is 0 Å². The van der Waals surface area contributed by atoms with Crippen LogP contribution >= 0.6 is 11.3 Å². The largest absolute Gasteiger partial charge is 0.325 e. The topological polar surface area (TPSA) is 51.1 Å². The summed E-state index contributed by atoms with van der Waals surface area (Å²) in [5.74, 6) is -0.204. The van der Waals surface area contributed by atoms with E-state index in [4.69, 9.17) is 0 Å². The fourth-order valence-corrected chi connectivity index (χ4v) is 3.04. The number of fused-ring (bicyclic) bond motifs is 1. The van der Waals surface area contributed by atoms with Crippen LogP contribution in [0.5, 0.6) is 0 Å². The number of nitrogens with zero attached hydrogens (tertiary/aromatic N) is 1. The van der Waals surface area contributed by atoms with Crippen molar-refractivity contribution in [1.29, 1.82) is 0 Å². The third-order valence-corrected chi connectivity index (χ3v) is 4.17. The minimum Gasteiger partial charge on any atom is -0.325 e. The number of carbonyl (C=O) groups excluding carboxylic acids is 1. The van der Waals surface area contributed by atoms with Crippen molar-refractivity contribution in [3.05, 3.63) is 63.8 Å². The van der Waals surface area contributed by atoms with E-state index in [0.717, 1.165) is 32.8 Å². The zero-order chi connectivity index (χ0) is 14.8. The van der Waals surface area contributed by atoms with Gasteiger partial charge in [-0.3, -0.25) is 14.2 Å². The van der Waals surface area contributed by atoms with Gasteiger partial charge in [-0.05, 0) is 31.2 Å². The van der Waals surface area contributed by atoms with Crippen LogP contribution in [0.15, 0.2) is 53.3 Å². The van der Waals surface area contributed by atoms with Crippen molar-refractivity contribution in [2.45, 2.75) is 13.5 Å². The first-order chi connectivity index (χ1) is 10.1. The molecule has 0 radical (unpaired) electrons. The van der Waals surface area contributed by atoms with E-state index < -0.39 is 0 Å². The monoisotopic (exact) mass is 298 g/mol. The Kier molecular flexibility index (Phi) is 3.58. The molecular weight excluding hydrogens is 284 g/mol. The number of amides is 1. The second-order valence-electron chi connectivity index (χ2n) is 4.84. The van der Waals surface area contributed by atoms with E-state index in [-0.39, 0.29) is 17.3 Å². The van der Waals surface area contributed by atoms with E-state index in [1.165, 1.54) is 4.57 Å². The smallest absolute Gasteiger partial charge is 0.308 e. The molecule has 5 heteroatoms. The lowest BCUT2D eigenvalue weighted by atomic mass is 10.2. The number of aromatic nitrogens is 1. The Morgan fingerprint density at radius 3 is 2.62 bits per heavy atom. The van der Waals surface area contributed by atoms with Gasteiger partial charge in [0.05, 0.1) is 10.2 Å². The van der Waals surface area contributed by atoms with Crippen LogP contribution in [0.2, 0.25) is 0 Å². The summed E-state index contributed by atoms with van der Waals surface area (Å²) in [4.78, 5) is 24.0. The average Bonchev–Trinajstić information content (AvgIpc) is 2.78. The predicted octanol–water partition coefficient (Wildman–Crippen LogP) is 3.01. The zero-order valence-electron chi connectivity index (χ0n) is 11.5. The van der Waals surface area contributed by atoms with E-state index in [2.05, 4.69) is 5.32 Å². The summed E-state index contributed by atoms with van der Waals surface area (Å²) < 4.78 is 2.40. The van der Waals surface area contributed by atoms with E-state index in [9.17, 15) is 9.59 Å². The second kappa shape index (κ2) is 5.54. The Bertz CT molecular complexity index is 847. The number of thiazole rings is 1. The molecule has 3 aromatic rings.